The third-order valence-corrected chi connectivity index (χ3v) is 1.50. The summed E-state index contributed by atoms with van der Waals surface area (Å²) in [7, 11) is 3.50. The Balaban J connectivity index is 4.14. The van der Waals surface area contributed by atoms with E-state index < -0.39 is 18.4 Å². The molecule has 0 spiro atoms. The smallest absolute Gasteiger partial charge is 0.426 e. The zero-order valence-electron chi connectivity index (χ0n) is 9.60. The lowest BCUT2D eigenvalue weighted by Gasteiger charge is -2.13. The average Bonchev–Trinajstić information content (AvgIpc) is 2.00. The van der Waals surface area contributed by atoms with Gasteiger partial charge in [0.25, 0.3) is 0 Å². The quantitative estimate of drug-likeness (QED) is 0.298. The molecule has 1 amide bonds. The van der Waals surface area contributed by atoms with Crippen LogP contribution in [0.4, 0.5) is 4.79 Å². The first kappa shape index (κ1) is 13.4. The highest BCUT2D eigenvalue weighted by Gasteiger charge is 2.11. The van der Waals surface area contributed by atoms with E-state index >= 15 is 0 Å². The second kappa shape index (κ2) is 6.00. The fourth-order valence-corrected chi connectivity index (χ4v) is 0.658. The first-order valence-electron chi connectivity index (χ1n) is 4.43. The summed E-state index contributed by atoms with van der Waals surface area (Å²) in [5, 5.41) is 0. The second-order valence-electron chi connectivity index (χ2n) is 3.11. The molecule has 0 N–H and O–H groups in total. The molecule has 0 aromatic rings. The Kier molecular flexibility index (Phi) is 5.36. The second-order valence-corrected chi connectivity index (χ2v) is 3.11. The minimum atomic E-state index is -0.922. The lowest BCUT2D eigenvalue weighted by molar-refractivity contribution is -0.161. The zero-order valence-corrected chi connectivity index (χ0v) is 9.60. The van der Waals surface area contributed by atoms with Crippen LogP contribution in [-0.2, 0) is 14.3 Å². The molecule has 0 heterocycles. The molecule has 86 valence electrons. The van der Waals surface area contributed by atoms with Crippen molar-refractivity contribution >= 4 is 17.9 Å². The molecule has 0 saturated carbocycles. The summed E-state index contributed by atoms with van der Waals surface area (Å²) >= 11 is 0. The lowest BCUT2D eigenvalue weighted by atomic mass is 10.6. The van der Waals surface area contributed by atoms with E-state index in [0.29, 0.717) is 5.84 Å². The number of amidine groups is 1. The summed E-state index contributed by atoms with van der Waals surface area (Å²) in [6.07, 6.45) is -1.70. The maximum Gasteiger partial charge on any atom is 0.438 e. The Labute approximate surface area is 88.9 Å². The van der Waals surface area contributed by atoms with E-state index in [1.165, 1.54) is 13.8 Å². The molecule has 15 heavy (non-hydrogen) atoms. The van der Waals surface area contributed by atoms with Crippen molar-refractivity contribution < 1.29 is 19.1 Å². The van der Waals surface area contributed by atoms with Crippen LogP contribution in [0.5, 0.6) is 0 Å². The van der Waals surface area contributed by atoms with Crippen LogP contribution in [0.25, 0.3) is 0 Å². The monoisotopic (exact) mass is 216 g/mol. The van der Waals surface area contributed by atoms with Crippen LogP contribution in [0.1, 0.15) is 20.8 Å². The number of hydrogen-bond acceptors (Lipinski definition) is 4. The van der Waals surface area contributed by atoms with Crippen molar-refractivity contribution in [3.05, 3.63) is 0 Å². The maximum atomic E-state index is 11.1. The molecular weight excluding hydrogens is 200 g/mol. The first-order chi connectivity index (χ1) is 6.82. The molecule has 1 atom stereocenters. The van der Waals surface area contributed by atoms with Crippen molar-refractivity contribution in [1.82, 2.24) is 4.90 Å². The van der Waals surface area contributed by atoms with Gasteiger partial charge in [-0.15, -0.1) is 0 Å². The SMILES string of the molecule is CC(=O)OC(C)OC(=O)N=C(C)N(C)C. The van der Waals surface area contributed by atoms with Gasteiger partial charge in [0, 0.05) is 27.9 Å². The Bertz CT molecular complexity index is 273. The van der Waals surface area contributed by atoms with Gasteiger partial charge in [-0.1, -0.05) is 0 Å². The summed E-state index contributed by atoms with van der Waals surface area (Å²) in [5.74, 6) is -0.00126. The van der Waals surface area contributed by atoms with Gasteiger partial charge >= 0.3 is 12.1 Å². The fourth-order valence-electron chi connectivity index (χ4n) is 0.658. The fraction of sp³-hybridized carbons (Fsp3) is 0.667. The van der Waals surface area contributed by atoms with Crippen LogP contribution in [0, 0.1) is 0 Å². The summed E-state index contributed by atoms with van der Waals surface area (Å²) in [4.78, 5) is 26.9. The van der Waals surface area contributed by atoms with Gasteiger partial charge < -0.3 is 14.4 Å². The van der Waals surface area contributed by atoms with Crippen LogP contribution in [-0.4, -0.2) is 43.2 Å². The molecule has 0 aliphatic rings. The number of rotatable bonds is 2. The van der Waals surface area contributed by atoms with Crippen molar-refractivity contribution in [2.45, 2.75) is 27.1 Å². The molecule has 0 fully saturated rings. The normalized spacial score (nSPS) is 13.0. The van der Waals surface area contributed by atoms with Gasteiger partial charge in [-0.25, -0.2) is 4.79 Å². The van der Waals surface area contributed by atoms with E-state index in [1.54, 1.807) is 25.9 Å². The number of ether oxygens (including phenoxy) is 2. The van der Waals surface area contributed by atoms with E-state index in [0.717, 1.165) is 0 Å². The van der Waals surface area contributed by atoms with Crippen molar-refractivity contribution in [3.63, 3.8) is 0 Å². The highest BCUT2D eigenvalue weighted by Crippen LogP contribution is 1.97. The Morgan fingerprint density at radius 1 is 1.20 bits per heavy atom. The molecule has 6 heteroatoms. The van der Waals surface area contributed by atoms with Gasteiger partial charge in [0.2, 0.25) is 6.29 Å². The van der Waals surface area contributed by atoms with Crippen molar-refractivity contribution in [3.8, 4) is 0 Å². The van der Waals surface area contributed by atoms with Gasteiger partial charge in [-0.2, -0.15) is 4.99 Å². The highest BCUT2D eigenvalue weighted by atomic mass is 16.7. The summed E-state index contributed by atoms with van der Waals surface area (Å²) in [6, 6.07) is 0. The number of hydrogen-bond donors (Lipinski definition) is 0. The molecule has 1 unspecified atom stereocenters. The van der Waals surface area contributed by atoms with E-state index in [-0.39, 0.29) is 0 Å². The number of carbonyl (C=O) groups excluding carboxylic acids is 2. The summed E-state index contributed by atoms with van der Waals surface area (Å²) < 4.78 is 9.28. The minimum absolute atomic E-state index is 0.509. The molecule has 0 aromatic heterocycles. The van der Waals surface area contributed by atoms with Gasteiger partial charge in [0.15, 0.2) is 0 Å². The molecule has 0 aromatic carbocycles. The standard InChI is InChI=1S/C9H16N2O4/c1-6(11(4)5)10-9(13)15-8(3)14-7(2)12/h8H,1-5H3. The molecule has 0 saturated heterocycles. The lowest BCUT2D eigenvalue weighted by Crippen LogP contribution is -2.23. The number of nitrogens with zero attached hydrogens (tertiary/aromatic N) is 2. The molecule has 0 aliphatic carbocycles. The number of amides is 1. The molecular formula is C9H16N2O4. The Hall–Kier alpha value is -1.59. The van der Waals surface area contributed by atoms with E-state index in [1.807, 2.05) is 0 Å². The van der Waals surface area contributed by atoms with Crippen molar-refractivity contribution in [1.29, 1.82) is 0 Å². The number of esters is 1. The van der Waals surface area contributed by atoms with E-state index in [9.17, 15) is 9.59 Å². The van der Waals surface area contributed by atoms with Crippen LogP contribution < -0.4 is 0 Å². The van der Waals surface area contributed by atoms with Crippen molar-refractivity contribution in [2.75, 3.05) is 14.1 Å². The van der Waals surface area contributed by atoms with Crippen LogP contribution in [0.15, 0.2) is 4.99 Å². The van der Waals surface area contributed by atoms with Gasteiger partial charge in [-0.05, 0) is 6.92 Å². The number of aliphatic imine (C=N–C) groups is 1. The van der Waals surface area contributed by atoms with Crippen LogP contribution >= 0.6 is 0 Å². The highest BCUT2D eigenvalue weighted by molar-refractivity contribution is 5.89. The number of carbonyl (C=O) groups is 2. The molecule has 0 radical (unpaired) electrons. The van der Waals surface area contributed by atoms with Gasteiger partial charge in [-0.3, -0.25) is 4.79 Å². The van der Waals surface area contributed by atoms with Crippen molar-refractivity contribution in [2.24, 2.45) is 4.99 Å². The minimum Gasteiger partial charge on any atom is -0.426 e. The van der Waals surface area contributed by atoms with E-state index in [2.05, 4.69) is 14.5 Å². The third kappa shape index (κ3) is 6.48. The maximum absolute atomic E-state index is 11.1. The Morgan fingerprint density at radius 3 is 2.13 bits per heavy atom. The topological polar surface area (TPSA) is 68.2 Å². The molecule has 0 aliphatic heterocycles. The van der Waals surface area contributed by atoms with Gasteiger partial charge in [0.05, 0.1) is 0 Å². The summed E-state index contributed by atoms with van der Waals surface area (Å²) in [6.45, 7) is 4.34. The molecule has 0 rings (SSSR count). The van der Waals surface area contributed by atoms with Crippen LogP contribution in [0.2, 0.25) is 0 Å². The third-order valence-electron chi connectivity index (χ3n) is 1.50. The van der Waals surface area contributed by atoms with Gasteiger partial charge in [0.1, 0.15) is 5.84 Å². The molecule has 6 nitrogen and oxygen atoms in total. The molecule has 0 bridgehead atoms. The van der Waals surface area contributed by atoms with E-state index in [4.69, 9.17) is 0 Å². The zero-order chi connectivity index (χ0) is 12.0. The largest absolute Gasteiger partial charge is 0.438 e. The average molecular weight is 216 g/mol. The predicted molar refractivity (Wildman–Crippen MR) is 54.5 cm³/mol. The predicted octanol–water partition coefficient (Wildman–Crippen LogP) is 1.01. The van der Waals surface area contributed by atoms with Crippen LogP contribution in [0.3, 0.4) is 0 Å². The summed E-state index contributed by atoms with van der Waals surface area (Å²) in [5.41, 5.74) is 0. The first-order valence-corrected chi connectivity index (χ1v) is 4.43. The Morgan fingerprint density at radius 2 is 1.73 bits per heavy atom.